The standard InChI is InChI=1S/C13H28N2O/c1-12(16)7-10-14(2)11-8-13-6-4-5-9-15(13)3/h12-13,16H,4-11H2,1-3H3. The maximum atomic E-state index is 9.23. The summed E-state index contributed by atoms with van der Waals surface area (Å²) in [6.07, 6.45) is 6.11. The molecule has 1 fully saturated rings. The van der Waals surface area contributed by atoms with Crippen molar-refractivity contribution in [3.05, 3.63) is 0 Å². The monoisotopic (exact) mass is 228 g/mol. The average molecular weight is 228 g/mol. The molecule has 1 saturated heterocycles. The first kappa shape index (κ1) is 13.9. The topological polar surface area (TPSA) is 26.7 Å². The van der Waals surface area contributed by atoms with Crippen molar-refractivity contribution >= 4 is 0 Å². The van der Waals surface area contributed by atoms with Gasteiger partial charge in [0.2, 0.25) is 0 Å². The van der Waals surface area contributed by atoms with Crippen molar-refractivity contribution in [2.24, 2.45) is 0 Å². The first-order valence-corrected chi connectivity index (χ1v) is 6.66. The van der Waals surface area contributed by atoms with Crippen LogP contribution in [0.1, 0.15) is 39.0 Å². The van der Waals surface area contributed by atoms with Gasteiger partial charge in [0.1, 0.15) is 0 Å². The van der Waals surface area contributed by atoms with Gasteiger partial charge in [-0.1, -0.05) is 6.42 Å². The molecule has 0 amide bonds. The Labute approximate surface area is 100 Å². The third kappa shape index (κ3) is 5.28. The summed E-state index contributed by atoms with van der Waals surface area (Å²) in [5.41, 5.74) is 0. The summed E-state index contributed by atoms with van der Waals surface area (Å²) in [5, 5.41) is 9.23. The van der Waals surface area contributed by atoms with Crippen molar-refractivity contribution in [1.29, 1.82) is 0 Å². The van der Waals surface area contributed by atoms with Gasteiger partial charge in [0.25, 0.3) is 0 Å². The highest BCUT2D eigenvalue weighted by Crippen LogP contribution is 2.17. The second-order valence-electron chi connectivity index (χ2n) is 5.36. The second-order valence-corrected chi connectivity index (χ2v) is 5.36. The fraction of sp³-hybridized carbons (Fsp3) is 1.00. The first-order chi connectivity index (χ1) is 7.59. The number of rotatable bonds is 6. The Morgan fingerprint density at radius 3 is 2.75 bits per heavy atom. The van der Waals surface area contributed by atoms with E-state index in [1.54, 1.807) is 0 Å². The molecule has 0 saturated carbocycles. The zero-order valence-electron chi connectivity index (χ0n) is 11.2. The Bertz CT molecular complexity index is 185. The van der Waals surface area contributed by atoms with Crippen molar-refractivity contribution in [3.8, 4) is 0 Å². The van der Waals surface area contributed by atoms with Crippen LogP contribution in [0.25, 0.3) is 0 Å². The van der Waals surface area contributed by atoms with Crippen molar-refractivity contribution < 1.29 is 5.11 Å². The molecule has 0 aromatic carbocycles. The lowest BCUT2D eigenvalue weighted by Gasteiger charge is -2.33. The van der Waals surface area contributed by atoms with Crippen LogP contribution in [0.5, 0.6) is 0 Å². The minimum Gasteiger partial charge on any atom is -0.393 e. The van der Waals surface area contributed by atoms with Gasteiger partial charge in [-0.3, -0.25) is 0 Å². The van der Waals surface area contributed by atoms with E-state index in [1.807, 2.05) is 6.92 Å². The molecule has 0 bridgehead atoms. The fourth-order valence-electron chi connectivity index (χ4n) is 2.40. The van der Waals surface area contributed by atoms with Gasteiger partial charge in [0.15, 0.2) is 0 Å². The van der Waals surface area contributed by atoms with E-state index in [4.69, 9.17) is 0 Å². The van der Waals surface area contributed by atoms with Crippen LogP contribution in [-0.2, 0) is 0 Å². The fourth-order valence-corrected chi connectivity index (χ4v) is 2.40. The third-order valence-corrected chi connectivity index (χ3v) is 3.69. The minimum atomic E-state index is -0.167. The molecule has 0 aromatic heterocycles. The van der Waals surface area contributed by atoms with E-state index in [0.717, 1.165) is 25.6 Å². The zero-order chi connectivity index (χ0) is 12.0. The largest absolute Gasteiger partial charge is 0.393 e. The van der Waals surface area contributed by atoms with Crippen molar-refractivity contribution in [2.75, 3.05) is 33.7 Å². The molecule has 1 aliphatic rings. The van der Waals surface area contributed by atoms with E-state index in [-0.39, 0.29) is 6.10 Å². The number of likely N-dealkylation sites (tertiary alicyclic amines) is 1. The summed E-state index contributed by atoms with van der Waals surface area (Å²) in [7, 11) is 4.41. The van der Waals surface area contributed by atoms with Gasteiger partial charge in [-0.05, 0) is 59.8 Å². The molecule has 0 spiro atoms. The summed E-state index contributed by atoms with van der Waals surface area (Å²) >= 11 is 0. The molecule has 1 N–H and O–H groups in total. The van der Waals surface area contributed by atoms with E-state index in [2.05, 4.69) is 23.9 Å². The van der Waals surface area contributed by atoms with Gasteiger partial charge >= 0.3 is 0 Å². The Morgan fingerprint density at radius 1 is 1.38 bits per heavy atom. The predicted molar refractivity (Wildman–Crippen MR) is 68.7 cm³/mol. The highest BCUT2D eigenvalue weighted by atomic mass is 16.3. The highest BCUT2D eigenvalue weighted by Gasteiger charge is 2.18. The van der Waals surface area contributed by atoms with Gasteiger partial charge < -0.3 is 14.9 Å². The van der Waals surface area contributed by atoms with Crippen LogP contribution in [0.15, 0.2) is 0 Å². The number of aliphatic hydroxyl groups is 1. The SMILES string of the molecule is CC(O)CCN(C)CCC1CCCCN1C. The summed E-state index contributed by atoms with van der Waals surface area (Å²) < 4.78 is 0. The number of hydrogen-bond acceptors (Lipinski definition) is 3. The van der Waals surface area contributed by atoms with Crippen LogP contribution in [0.2, 0.25) is 0 Å². The molecule has 0 aromatic rings. The van der Waals surface area contributed by atoms with Crippen LogP contribution in [0.3, 0.4) is 0 Å². The van der Waals surface area contributed by atoms with Crippen LogP contribution in [0, 0.1) is 0 Å². The van der Waals surface area contributed by atoms with Gasteiger partial charge in [0.05, 0.1) is 6.10 Å². The molecule has 0 radical (unpaired) electrons. The van der Waals surface area contributed by atoms with E-state index in [0.29, 0.717) is 0 Å². The summed E-state index contributed by atoms with van der Waals surface area (Å²) in [5.74, 6) is 0. The number of aliphatic hydroxyl groups excluding tert-OH is 1. The van der Waals surface area contributed by atoms with Gasteiger partial charge in [-0.15, -0.1) is 0 Å². The number of nitrogens with zero attached hydrogens (tertiary/aromatic N) is 2. The van der Waals surface area contributed by atoms with Crippen LogP contribution in [0.4, 0.5) is 0 Å². The van der Waals surface area contributed by atoms with Gasteiger partial charge in [0, 0.05) is 12.6 Å². The Morgan fingerprint density at radius 2 is 2.12 bits per heavy atom. The maximum Gasteiger partial charge on any atom is 0.0524 e. The van der Waals surface area contributed by atoms with Crippen molar-refractivity contribution in [3.63, 3.8) is 0 Å². The lowest BCUT2D eigenvalue weighted by atomic mass is 10.00. The lowest BCUT2D eigenvalue weighted by molar-refractivity contribution is 0.144. The minimum absolute atomic E-state index is 0.167. The molecule has 1 aliphatic heterocycles. The summed E-state index contributed by atoms with van der Waals surface area (Å²) in [6, 6.07) is 0.780. The second kappa shape index (κ2) is 7.25. The van der Waals surface area contributed by atoms with E-state index in [1.165, 1.54) is 32.2 Å². The molecule has 1 heterocycles. The third-order valence-electron chi connectivity index (χ3n) is 3.69. The van der Waals surface area contributed by atoms with Crippen LogP contribution < -0.4 is 0 Å². The maximum absolute atomic E-state index is 9.23. The summed E-state index contributed by atoms with van der Waals surface area (Å²) in [6.45, 7) is 5.29. The van der Waals surface area contributed by atoms with E-state index >= 15 is 0 Å². The van der Waals surface area contributed by atoms with Crippen LogP contribution in [-0.4, -0.2) is 60.8 Å². The van der Waals surface area contributed by atoms with Crippen molar-refractivity contribution in [1.82, 2.24) is 9.80 Å². The molecule has 3 heteroatoms. The number of piperidine rings is 1. The Kier molecular flexibility index (Phi) is 6.32. The Balaban J connectivity index is 2.12. The molecule has 3 nitrogen and oxygen atoms in total. The van der Waals surface area contributed by atoms with Gasteiger partial charge in [-0.25, -0.2) is 0 Å². The molecule has 1 rings (SSSR count). The van der Waals surface area contributed by atoms with Crippen LogP contribution >= 0.6 is 0 Å². The Hall–Kier alpha value is -0.120. The normalized spacial score (nSPS) is 24.9. The predicted octanol–water partition coefficient (Wildman–Crippen LogP) is 1.56. The van der Waals surface area contributed by atoms with Gasteiger partial charge in [-0.2, -0.15) is 0 Å². The smallest absolute Gasteiger partial charge is 0.0524 e. The molecule has 96 valence electrons. The molecule has 2 atom stereocenters. The average Bonchev–Trinajstić information content (AvgIpc) is 2.25. The zero-order valence-corrected chi connectivity index (χ0v) is 11.2. The lowest BCUT2D eigenvalue weighted by Crippen LogP contribution is -2.38. The summed E-state index contributed by atoms with van der Waals surface area (Å²) in [4.78, 5) is 4.85. The first-order valence-electron chi connectivity index (χ1n) is 6.66. The van der Waals surface area contributed by atoms with Crippen molar-refractivity contribution in [2.45, 2.75) is 51.2 Å². The molecular formula is C13H28N2O. The molecule has 0 aliphatic carbocycles. The van der Waals surface area contributed by atoms with E-state index in [9.17, 15) is 5.11 Å². The molecule has 2 unspecified atom stereocenters. The highest BCUT2D eigenvalue weighted by molar-refractivity contribution is 4.75. The quantitative estimate of drug-likeness (QED) is 0.747. The van der Waals surface area contributed by atoms with E-state index < -0.39 is 0 Å². The molecular weight excluding hydrogens is 200 g/mol. The number of hydrogen-bond donors (Lipinski definition) is 1. The molecule has 16 heavy (non-hydrogen) atoms.